The molecule has 25 heavy (non-hydrogen) atoms. The molecule has 0 radical (unpaired) electrons. The van der Waals surface area contributed by atoms with E-state index in [1.54, 1.807) is 29.3 Å². The summed E-state index contributed by atoms with van der Waals surface area (Å²) in [5, 5.41) is 8.24. The van der Waals surface area contributed by atoms with Gasteiger partial charge in [0.1, 0.15) is 4.90 Å². The van der Waals surface area contributed by atoms with Crippen LogP contribution in [0.1, 0.15) is 12.0 Å². The number of rotatable bonds is 4. The highest BCUT2D eigenvalue weighted by molar-refractivity contribution is 7.90. The number of sulfonamides is 1. The van der Waals surface area contributed by atoms with Gasteiger partial charge < -0.3 is 4.90 Å². The zero-order chi connectivity index (χ0) is 17.4. The number of fused-ring (bicyclic) bond motifs is 1. The van der Waals surface area contributed by atoms with Crippen LogP contribution in [0.2, 0.25) is 0 Å². The van der Waals surface area contributed by atoms with E-state index in [2.05, 4.69) is 19.5 Å². The summed E-state index contributed by atoms with van der Waals surface area (Å²) < 4.78 is 28.5. The fourth-order valence-electron chi connectivity index (χ4n) is 3.44. The number of aromatic nitrogens is 3. The Morgan fingerprint density at radius 2 is 1.96 bits per heavy atom. The van der Waals surface area contributed by atoms with Crippen molar-refractivity contribution in [3.05, 3.63) is 42.2 Å². The quantitative estimate of drug-likeness (QED) is 0.786. The lowest BCUT2D eigenvalue weighted by Crippen LogP contribution is -2.39. The van der Waals surface area contributed by atoms with Crippen molar-refractivity contribution in [2.75, 3.05) is 26.7 Å². The molecule has 0 saturated carbocycles. The van der Waals surface area contributed by atoms with Gasteiger partial charge in [-0.25, -0.2) is 0 Å². The van der Waals surface area contributed by atoms with Gasteiger partial charge in [0.2, 0.25) is 0 Å². The predicted octanol–water partition coefficient (Wildman–Crippen LogP) is 0.433. The standard InChI is InChI=1S/C16H20N6O2S/c1-20(16-14-4-2-3-5-15(14)25(23,24)19-16)13-6-9-21(12-13)10-11-22-17-7-8-18-22/h2-5,7-8,13H,6,9-12H2,1H3. The molecule has 0 spiro atoms. The minimum Gasteiger partial charge on any atom is -0.354 e. The third-order valence-corrected chi connectivity index (χ3v) is 6.15. The lowest BCUT2D eigenvalue weighted by Gasteiger charge is -2.26. The van der Waals surface area contributed by atoms with Crippen LogP contribution >= 0.6 is 0 Å². The second-order valence-electron chi connectivity index (χ2n) is 6.37. The zero-order valence-corrected chi connectivity index (χ0v) is 14.8. The third-order valence-electron chi connectivity index (χ3n) is 4.82. The number of hydrogen-bond acceptors (Lipinski definition) is 6. The molecular weight excluding hydrogens is 340 g/mol. The SMILES string of the molecule is CN(C1=NS(=O)(=O)c2ccccc21)C1CCN(CCn2nccn2)C1. The largest absolute Gasteiger partial charge is 0.354 e. The molecule has 1 aromatic carbocycles. The molecule has 0 aliphatic carbocycles. The lowest BCUT2D eigenvalue weighted by molar-refractivity contribution is 0.281. The van der Waals surface area contributed by atoms with Gasteiger partial charge in [0.05, 0.1) is 18.9 Å². The maximum Gasteiger partial charge on any atom is 0.285 e. The highest BCUT2D eigenvalue weighted by Crippen LogP contribution is 2.29. The molecule has 2 aromatic rings. The zero-order valence-electron chi connectivity index (χ0n) is 14.0. The summed E-state index contributed by atoms with van der Waals surface area (Å²) in [6.07, 6.45) is 4.33. The van der Waals surface area contributed by atoms with Crippen molar-refractivity contribution < 1.29 is 8.42 Å². The van der Waals surface area contributed by atoms with Crippen LogP contribution in [0.4, 0.5) is 0 Å². The normalized spacial score (nSPS) is 22.0. The van der Waals surface area contributed by atoms with Gasteiger partial charge >= 0.3 is 0 Å². The fraction of sp³-hybridized carbons (Fsp3) is 0.438. The number of likely N-dealkylation sites (N-methyl/N-ethyl adjacent to an activating group) is 1. The van der Waals surface area contributed by atoms with E-state index in [4.69, 9.17) is 0 Å². The van der Waals surface area contributed by atoms with Gasteiger partial charge in [-0.15, -0.1) is 4.40 Å². The molecule has 8 nitrogen and oxygen atoms in total. The predicted molar refractivity (Wildman–Crippen MR) is 92.8 cm³/mol. The summed E-state index contributed by atoms with van der Waals surface area (Å²) in [5.74, 6) is 0.552. The van der Waals surface area contributed by atoms with Crippen molar-refractivity contribution in [3.63, 3.8) is 0 Å². The Balaban J connectivity index is 1.45. The first-order valence-corrected chi connectivity index (χ1v) is 9.72. The number of amidine groups is 1. The topological polar surface area (TPSA) is 83.7 Å². The van der Waals surface area contributed by atoms with E-state index >= 15 is 0 Å². The Morgan fingerprint density at radius 1 is 1.20 bits per heavy atom. The van der Waals surface area contributed by atoms with E-state index in [-0.39, 0.29) is 6.04 Å². The van der Waals surface area contributed by atoms with Gasteiger partial charge in [-0.05, 0) is 18.6 Å². The molecule has 132 valence electrons. The minimum atomic E-state index is -3.57. The molecule has 1 atom stereocenters. The van der Waals surface area contributed by atoms with E-state index in [1.807, 2.05) is 24.1 Å². The second-order valence-corrected chi connectivity index (χ2v) is 7.94. The summed E-state index contributed by atoms with van der Waals surface area (Å²) in [5.41, 5.74) is 0.698. The summed E-state index contributed by atoms with van der Waals surface area (Å²) in [7, 11) is -1.64. The van der Waals surface area contributed by atoms with Crippen molar-refractivity contribution in [1.29, 1.82) is 0 Å². The molecule has 2 aliphatic heterocycles. The monoisotopic (exact) mass is 360 g/mol. The van der Waals surface area contributed by atoms with Gasteiger partial charge in [-0.3, -0.25) is 4.90 Å². The molecule has 2 aliphatic rings. The maximum absolute atomic E-state index is 12.2. The van der Waals surface area contributed by atoms with Crippen LogP contribution < -0.4 is 0 Å². The molecule has 4 rings (SSSR count). The molecule has 1 aromatic heterocycles. The molecule has 0 amide bonds. The molecular formula is C16H20N6O2S. The average Bonchev–Trinajstić information content (AvgIpc) is 3.32. The van der Waals surface area contributed by atoms with E-state index in [0.717, 1.165) is 32.6 Å². The van der Waals surface area contributed by atoms with Gasteiger partial charge in [0, 0.05) is 38.3 Å². The summed E-state index contributed by atoms with van der Waals surface area (Å²) in [6, 6.07) is 7.26. The van der Waals surface area contributed by atoms with Crippen LogP contribution in [-0.2, 0) is 16.6 Å². The van der Waals surface area contributed by atoms with Crippen LogP contribution in [0.3, 0.4) is 0 Å². The van der Waals surface area contributed by atoms with Gasteiger partial charge in [0.15, 0.2) is 5.84 Å². The second kappa shape index (κ2) is 6.23. The summed E-state index contributed by atoms with van der Waals surface area (Å²) in [4.78, 5) is 6.34. The Morgan fingerprint density at radius 3 is 2.76 bits per heavy atom. The van der Waals surface area contributed by atoms with Crippen LogP contribution in [0.15, 0.2) is 46.0 Å². The van der Waals surface area contributed by atoms with Crippen LogP contribution in [-0.4, -0.2) is 71.8 Å². The van der Waals surface area contributed by atoms with Gasteiger partial charge in [-0.1, -0.05) is 12.1 Å². The molecule has 1 unspecified atom stereocenters. The van der Waals surface area contributed by atoms with Crippen LogP contribution in [0, 0.1) is 0 Å². The highest BCUT2D eigenvalue weighted by Gasteiger charge is 2.34. The number of hydrogen-bond donors (Lipinski definition) is 0. The third kappa shape index (κ3) is 3.05. The maximum atomic E-state index is 12.2. The molecule has 1 saturated heterocycles. The molecule has 0 bridgehead atoms. The van der Waals surface area contributed by atoms with Crippen LogP contribution in [0.5, 0.6) is 0 Å². The van der Waals surface area contributed by atoms with Crippen molar-refractivity contribution in [2.24, 2.45) is 4.40 Å². The smallest absolute Gasteiger partial charge is 0.285 e. The Bertz CT molecular complexity index is 893. The van der Waals surface area contributed by atoms with Crippen molar-refractivity contribution >= 4 is 15.9 Å². The van der Waals surface area contributed by atoms with Crippen molar-refractivity contribution in [2.45, 2.75) is 23.9 Å². The Kier molecular flexibility index (Phi) is 4.04. The Labute approximate surface area is 146 Å². The molecule has 9 heteroatoms. The number of nitrogens with zero attached hydrogens (tertiary/aromatic N) is 6. The molecule has 0 N–H and O–H groups in total. The Hall–Kier alpha value is -2.26. The van der Waals surface area contributed by atoms with E-state index < -0.39 is 10.0 Å². The average molecular weight is 360 g/mol. The van der Waals surface area contributed by atoms with E-state index in [0.29, 0.717) is 16.3 Å². The van der Waals surface area contributed by atoms with Crippen LogP contribution in [0.25, 0.3) is 0 Å². The summed E-state index contributed by atoms with van der Waals surface area (Å²) in [6.45, 7) is 3.47. The van der Waals surface area contributed by atoms with Crippen molar-refractivity contribution in [3.8, 4) is 0 Å². The molecule has 3 heterocycles. The first-order valence-electron chi connectivity index (χ1n) is 8.28. The van der Waals surface area contributed by atoms with Gasteiger partial charge in [-0.2, -0.15) is 23.4 Å². The fourth-order valence-corrected chi connectivity index (χ4v) is 4.68. The molecule has 1 fully saturated rings. The summed E-state index contributed by atoms with van der Waals surface area (Å²) >= 11 is 0. The minimum absolute atomic E-state index is 0.241. The number of benzene rings is 1. The van der Waals surface area contributed by atoms with Gasteiger partial charge in [0.25, 0.3) is 10.0 Å². The van der Waals surface area contributed by atoms with E-state index in [1.165, 1.54) is 0 Å². The number of likely N-dealkylation sites (tertiary alicyclic amines) is 1. The lowest BCUT2D eigenvalue weighted by atomic mass is 10.1. The van der Waals surface area contributed by atoms with Crippen molar-refractivity contribution in [1.82, 2.24) is 24.8 Å². The van der Waals surface area contributed by atoms with E-state index in [9.17, 15) is 8.42 Å². The first kappa shape index (κ1) is 16.2. The first-order chi connectivity index (χ1) is 12.0. The highest BCUT2D eigenvalue weighted by atomic mass is 32.2.